The number of hydrogen-bond acceptors (Lipinski definition) is 2. The summed E-state index contributed by atoms with van der Waals surface area (Å²) in [6.45, 7) is 0. The molecule has 16 heavy (non-hydrogen) atoms. The van der Waals surface area contributed by atoms with Gasteiger partial charge in [0.15, 0.2) is 0 Å². The van der Waals surface area contributed by atoms with Crippen molar-refractivity contribution in [2.45, 2.75) is 0 Å². The zero-order chi connectivity index (χ0) is 11.7. The molecule has 0 aliphatic heterocycles. The van der Waals surface area contributed by atoms with Crippen molar-refractivity contribution >= 4 is 31.9 Å². The summed E-state index contributed by atoms with van der Waals surface area (Å²) in [6, 6.07) is 10.2. The highest BCUT2D eigenvalue weighted by Gasteiger charge is 2.14. The summed E-state index contributed by atoms with van der Waals surface area (Å²) in [7, 11) is 0. The van der Waals surface area contributed by atoms with Gasteiger partial charge in [0.1, 0.15) is 11.5 Å². The van der Waals surface area contributed by atoms with Crippen LogP contribution in [0.1, 0.15) is 0 Å². The molecule has 0 saturated carbocycles. The number of benzene rings is 2. The van der Waals surface area contributed by atoms with Gasteiger partial charge in [0.05, 0.1) is 0 Å². The Bertz CT molecular complexity index is 539. The zero-order valence-corrected chi connectivity index (χ0v) is 11.3. The van der Waals surface area contributed by atoms with Crippen molar-refractivity contribution in [3.05, 3.63) is 45.3 Å². The van der Waals surface area contributed by atoms with Crippen molar-refractivity contribution in [2.75, 3.05) is 0 Å². The SMILES string of the molecule is Oc1ccccc1-c1c(O)ccc(Br)c1Br. The number of para-hydroxylation sites is 1. The highest BCUT2D eigenvalue weighted by Crippen LogP contribution is 2.43. The van der Waals surface area contributed by atoms with Gasteiger partial charge in [-0.3, -0.25) is 0 Å². The molecule has 2 rings (SSSR count). The van der Waals surface area contributed by atoms with Crippen LogP contribution in [0.2, 0.25) is 0 Å². The van der Waals surface area contributed by atoms with E-state index in [0.717, 1.165) is 4.47 Å². The summed E-state index contributed by atoms with van der Waals surface area (Å²) in [5.74, 6) is 0.258. The van der Waals surface area contributed by atoms with Crippen LogP contribution in [-0.4, -0.2) is 10.2 Å². The predicted octanol–water partition coefficient (Wildman–Crippen LogP) is 4.29. The largest absolute Gasteiger partial charge is 0.507 e. The quantitative estimate of drug-likeness (QED) is 0.810. The fourth-order valence-electron chi connectivity index (χ4n) is 1.48. The first-order valence-electron chi connectivity index (χ1n) is 4.56. The number of aromatic hydroxyl groups is 2. The van der Waals surface area contributed by atoms with E-state index in [0.29, 0.717) is 15.6 Å². The van der Waals surface area contributed by atoms with Gasteiger partial charge in [-0.15, -0.1) is 0 Å². The minimum absolute atomic E-state index is 0.122. The van der Waals surface area contributed by atoms with Crippen LogP contribution in [0.4, 0.5) is 0 Å². The normalized spacial score (nSPS) is 10.4. The van der Waals surface area contributed by atoms with Crippen molar-refractivity contribution in [1.29, 1.82) is 0 Å². The lowest BCUT2D eigenvalue weighted by atomic mass is 10.0. The van der Waals surface area contributed by atoms with E-state index >= 15 is 0 Å². The second-order valence-corrected chi connectivity index (χ2v) is 4.92. The summed E-state index contributed by atoms with van der Waals surface area (Å²) >= 11 is 6.75. The van der Waals surface area contributed by atoms with Gasteiger partial charge in [0, 0.05) is 20.1 Å². The Morgan fingerprint density at radius 2 is 1.50 bits per heavy atom. The van der Waals surface area contributed by atoms with Crippen molar-refractivity contribution in [3.63, 3.8) is 0 Å². The highest BCUT2D eigenvalue weighted by atomic mass is 79.9. The van der Waals surface area contributed by atoms with E-state index < -0.39 is 0 Å². The third kappa shape index (κ3) is 1.95. The summed E-state index contributed by atoms with van der Waals surface area (Å²) in [5.41, 5.74) is 1.17. The summed E-state index contributed by atoms with van der Waals surface area (Å²) in [6.07, 6.45) is 0. The molecule has 0 radical (unpaired) electrons. The molecular weight excluding hydrogens is 336 g/mol. The Kier molecular flexibility index (Phi) is 3.21. The van der Waals surface area contributed by atoms with Gasteiger partial charge in [0.2, 0.25) is 0 Å². The lowest BCUT2D eigenvalue weighted by Crippen LogP contribution is -1.83. The molecule has 2 aromatic carbocycles. The van der Waals surface area contributed by atoms with E-state index in [1.54, 1.807) is 30.3 Å². The molecule has 0 saturated heterocycles. The lowest BCUT2D eigenvalue weighted by molar-refractivity contribution is 0.469. The summed E-state index contributed by atoms with van der Waals surface area (Å²) in [5, 5.41) is 19.6. The molecule has 0 aliphatic carbocycles. The fraction of sp³-hybridized carbons (Fsp3) is 0. The highest BCUT2D eigenvalue weighted by molar-refractivity contribution is 9.13. The second-order valence-electron chi connectivity index (χ2n) is 3.27. The summed E-state index contributed by atoms with van der Waals surface area (Å²) < 4.78 is 1.54. The average Bonchev–Trinajstić information content (AvgIpc) is 2.27. The number of hydrogen-bond donors (Lipinski definition) is 2. The topological polar surface area (TPSA) is 40.5 Å². The van der Waals surface area contributed by atoms with Gasteiger partial charge in [-0.25, -0.2) is 0 Å². The maximum absolute atomic E-state index is 9.83. The number of phenols is 2. The first kappa shape index (κ1) is 11.5. The third-order valence-electron chi connectivity index (χ3n) is 2.25. The Balaban J connectivity index is 2.74. The Morgan fingerprint density at radius 1 is 0.812 bits per heavy atom. The standard InChI is InChI=1S/C12H8Br2O2/c13-8-5-6-10(16)11(12(8)14)7-3-1-2-4-9(7)15/h1-6,15-16H. The third-order valence-corrected chi connectivity index (χ3v) is 4.26. The van der Waals surface area contributed by atoms with Crippen LogP contribution in [0.5, 0.6) is 11.5 Å². The molecule has 0 fully saturated rings. The van der Waals surface area contributed by atoms with Gasteiger partial charge in [0.25, 0.3) is 0 Å². The van der Waals surface area contributed by atoms with E-state index in [2.05, 4.69) is 31.9 Å². The van der Waals surface area contributed by atoms with Crippen LogP contribution in [-0.2, 0) is 0 Å². The average molecular weight is 344 g/mol. The molecule has 2 nitrogen and oxygen atoms in total. The molecule has 0 heterocycles. The van der Waals surface area contributed by atoms with Crippen molar-refractivity contribution in [3.8, 4) is 22.6 Å². The zero-order valence-electron chi connectivity index (χ0n) is 8.11. The van der Waals surface area contributed by atoms with Gasteiger partial charge in [-0.1, -0.05) is 18.2 Å². The van der Waals surface area contributed by atoms with Crippen LogP contribution in [0.15, 0.2) is 45.3 Å². The van der Waals surface area contributed by atoms with Crippen LogP contribution in [0.25, 0.3) is 11.1 Å². The van der Waals surface area contributed by atoms with Crippen LogP contribution in [0.3, 0.4) is 0 Å². The summed E-state index contributed by atoms with van der Waals surface area (Å²) in [4.78, 5) is 0. The molecular formula is C12H8Br2O2. The molecule has 0 spiro atoms. The van der Waals surface area contributed by atoms with E-state index in [9.17, 15) is 10.2 Å². The predicted molar refractivity (Wildman–Crippen MR) is 70.6 cm³/mol. The fourth-order valence-corrected chi connectivity index (χ4v) is 2.36. The van der Waals surface area contributed by atoms with Crippen molar-refractivity contribution in [1.82, 2.24) is 0 Å². The second kappa shape index (κ2) is 4.47. The Morgan fingerprint density at radius 3 is 2.19 bits per heavy atom. The van der Waals surface area contributed by atoms with Crippen molar-refractivity contribution in [2.24, 2.45) is 0 Å². The maximum atomic E-state index is 9.83. The van der Waals surface area contributed by atoms with Crippen molar-refractivity contribution < 1.29 is 10.2 Å². The molecule has 0 aromatic heterocycles. The Hall–Kier alpha value is -1.00. The minimum atomic E-state index is 0.122. The number of halogens is 2. The molecule has 0 bridgehead atoms. The van der Waals surface area contributed by atoms with Gasteiger partial charge < -0.3 is 10.2 Å². The molecule has 82 valence electrons. The number of phenolic OH excluding ortho intramolecular Hbond substituents is 2. The minimum Gasteiger partial charge on any atom is -0.507 e. The Labute approximate surface area is 110 Å². The molecule has 2 N–H and O–H groups in total. The van der Waals surface area contributed by atoms with Crippen LogP contribution in [0, 0.1) is 0 Å². The molecule has 0 atom stereocenters. The van der Waals surface area contributed by atoms with Gasteiger partial charge in [-0.05, 0) is 50.1 Å². The first-order chi connectivity index (χ1) is 7.61. The monoisotopic (exact) mass is 342 g/mol. The molecule has 0 aliphatic rings. The molecule has 0 amide bonds. The lowest BCUT2D eigenvalue weighted by Gasteiger charge is -2.10. The van der Waals surface area contributed by atoms with E-state index in [-0.39, 0.29) is 11.5 Å². The molecule has 4 heteroatoms. The van der Waals surface area contributed by atoms with E-state index in [1.165, 1.54) is 0 Å². The molecule has 0 unspecified atom stereocenters. The van der Waals surface area contributed by atoms with Gasteiger partial charge >= 0.3 is 0 Å². The van der Waals surface area contributed by atoms with Crippen LogP contribution < -0.4 is 0 Å². The number of rotatable bonds is 1. The maximum Gasteiger partial charge on any atom is 0.124 e. The van der Waals surface area contributed by atoms with E-state index in [1.807, 2.05) is 6.07 Å². The first-order valence-corrected chi connectivity index (χ1v) is 6.15. The van der Waals surface area contributed by atoms with Gasteiger partial charge in [-0.2, -0.15) is 0 Å². The van der Waals surface area contributed by atoms with E-state index in [4.69, 9.17) is 0 Å². The molecule has 2 aromatic rings. The van der Waals surface area contributed by atoms with Crippen LogP contribution >= 0.6 is 31.9 Å². The smallest absolute Gasteiger partial charge is 0.124 e.